The number of halogens is 3. The molecular formula is C22H23F3N8O2. The van der Waals surface area contributed by atoms with Gasteiger partial charge in [-0.2, -0.15) is 4.98 Å². The zero-order valence-corrected chi connectivity index (χ0v) is 18.0. The van der Waals surface area contributed by atoms with Crippen LogP contribution in [-0.4, -0.2) is 79.2 Å². The van der Waals surface area contributed by atoms with Crippen LogP contribution in [0.5, 0.6) is 5.88 Å². The molecule has 0 spiro atoms. The Morgan fingerprint density at radius 1 is 1.37 bits per heavy atom. The quantitative estimate of drug-likeness (QED) is 0.440. The first-order valence-corrected chi connectivity index (χ1v) is 10.6. The minimum atomic E-state index is -2.92. The molecule has 1 aromatic carbocycles. The van der Waals surface area contributed by atoms with E-state index in [4.69, 9.17) is 13.0 Å². The number of methoxy groups -OCH3 is 1. The molecule has 184 valence electrons. The van der Waals surface area contributed by atoms with E-state index < -0.39 is 51.5 Å². The Kier molecular flexibility index (Phi) is 4.31. The highest BCUT2D eigenvalue weighted by molar-refractivity contribution is 5.89. The van der Waals surface area contributed by atoms with Crippen molar-refractivity contribution in [1.29, 1.82) is 0 Å². The molecule has 0 bridgehead atoms. The van der Waals surface area contributed by atoms with Crippen LogP contribution in [0.4, 0.5) is 19.1 Å². The molecule has 1 N–H and O–H groups in total. The lowest BCUT2D eigenvalue weighted by Crippen LogP contribution is -2.49. The molecular weight excluding hydrogens is 465 g/mol. The van der Waals surface area contributed by atoms with Crippen LogP contribution in [0.15, 0.2) is 30.5 Å². The van der Waals surface area contributed by atoms with Gasteiger partial charge in [-0.15, -0.1) is 10.2 Å². The second-order valence-corrected chi connectivity index (χ2v) is 8.04. The number of rotatable bonds is 6. The molecule has 4 aromatic rings. The average Bonchev–Trinajstić information content (AvgIpc) is 3.47. The van der Waals surface area contributed by atoms with E-state index in [0.717, 1.165) is 9.58 Å². The summed E-state index contributed by atoms with van der Waals surface area (Å²) in [6, 6.07) is 5.48. The van der Waals surface area contributed by atoms with E-state index in [1.165, 1.54) is 10.7 Å². The lowest BCUT2D eigenvalue weighted by Gasteiger charge is -2.34. The highest BCUT2D eigenvalue weighted by Crippen LogP contribution is 2.33. The molecule has 1 aliphatic heterocycles. The molecule has 1 saturated heterocycles. The van der Waals surface area contributed by atoms with Gasteiger partial charge in [-0.25, -0.2) is 22.4 Å². The van der Waals surface area contributed by atoms with Crippen molar-refractivity contribution >= 4 is 28.4 Å². The summed E-state index contributed by atoms with van der Waals surface area (Å²) in [6.07, 6.45) is -2.79. The number of carbonyl (C=O) groups excluding carboxylic acids is 1. The molecule has 0 radical (unpaired) electrons. The van der Waals surface area contributed by atoms with Crippen LogP contribution < -0.4 is 10.1 Å². The second kappa shape index (κ2) is 9.04. The minimum absolute atomic E-state index is 0.0245. The summed E-state index contributed by atoms with van der Waals surface area (Å²) < 4.78 is 93.1. The number of nitrogens with zero attached hydrogens (tertiary/aromatic N) is 7. The van der Waals surface area contributed by atoms with Crippen LogP contribution in [0.3, 0.4) is 0 Å². The molecule has 1 fully saturated rings. The highest BCUT2D eigenvalue weighted by atomic mass is 19.3. The summed E-state index contributed by atoms with van der Waals surface area (Å²) in [5.41, 5.74) is 1.77. The fraction of sp³-hybridized carbons (Fsp3) is 0.409. The SMILES string of the molecule is [2H]C([2H])([2H])Oc1nc(N[C@H]2CCN(C(=O)C([2H])([2H])[2H])C[C@H]2F)nn2ccc(-c3ccc4nnn(CC(F)F)c4c3)c12. The van der Waals surface area contributed by atoms with Crippen LogP contribution in [0.25, 0.3) is 27.7 Å². The first kappa shape index (κ1) is 16.7. The third-order valence-electron chi connectivity index (χ3n) is 5.85. The van der Waals surface area contributed by atoms with Crippen LogP contribution >= 0.6 is 0 Å². The lowest BCUT2D eigenvalue weighted by molar-refractivity contribution is -0.131. The number of hydrogen-bond donors (Lipinski definition) is 1. The monoisotopic (exact) mass is 494 g/mol. The third-order valence-corrected chi connectivity index (χ3v) is 5.85. The zero-order chi connectivity index (χ0) is 29.7. The minimum Gasteiger partial charge on any atom is -0.479 e. The van der Waals surface area contributed by atoms with Gasteiger partial charge in [0.1, 0.15) is 23.7 Å². The molecule has 2 atom stereocenters. The number of aromatic nitrogens is 6. The van der Waals surface area contributed by atoms with E-state index in [9.17, 15) is 18.0 Å². The van der Waals surface area contributed by atoms with Crippen molar-refractivity contribution in [3.63, 3.8) is 0 Å². The number of carbonyl (C=O) groups is 1. The first-order valence-electron chi connectivity index (χ1n) is 13.6. The summed E-state index contributed by atoms with van der Waals surface area (Å²) in [6.45, 7) is -4.03. The Balaban J connectivity index is 1.48. The second-order valence-electron chi connectivity index (χ2n) is 8.04. The van der Waals surface area contributed by atoms with Gasteiger partial charge in [0.25, 0.3) is 6.43 Å². The number of likely N-dealkylation sites (tertiary alicyclic amines) is 1. The molecule has 35 heavy (non-hydrogen) atoms. The largest absolute Gasteiger partial charge is 0.479 e. The van der Waals surface area contributed by atoms with E-state index in [2.05, 4.69) is 25.7 Å². The third kappa shape index (κ3) is 4.33. The smallest absolute Gasteiger partial charge is 0.258 e. The van der Waals surface area contributed by atoms with E-state index in [-0.39, 0.29) is 30.3 Å². The lowest BCUT2D eigenvalue weighted by atomic mass is 10.0. The standard InChI is InChI=1S/C22H23F3N8O2/c1-12(34)31-7-6-16(15(23)10-31)26-22-27-21(35-2)20-14(5-8-32(20)29-22)13-3-4-17-18(9-13)33(30-28-17)11-19(24)25/h3-5,8-9,15-16,19H,6-7,10-11H2,1-2H3,(H,26,29)/t15-,16+/m1/s1/i1D3,2D3. The van der Waals surface area contributed by atoms with E-state index in [0.29, 0.717) is 22.2 Å². The Morgan fingerprint density at radius 3 is 3.03 bits per heavy atom. The maximum absolute atomic E-state index is 15.0. The predicted molar refractivity (Wildman–Crippen MR) is 121 cm³/mol. The number of piperidine rings is 1. The number of hydrogen-bond acceptors (Lipinski definition) is 7. The number of benzene rings is 1. The molecule has 0 unspecified atom stereocenters. The molecule has 0 saturated carbocycles. The van der Waals surface area contributed by atoms with Crippen LogP contribution in [0.1, 0.15) is 21.5 Å². The van der Waals surface area contributed by atoms with Gasteiger partial charge in [0.2, 0.25) is 17.7 Å². The fourth-order valence-corrected chi connectivity index (χ4v) is 4.17. The molecule has 5 rings (SSSR count). The highest BCUT2D eigenvalue weighted by Gasteiger charge is 2.31. The summed E-state index contributed by atoms with van der Waals surface area (Å²) >= 11 is 0. The number of anilines is 1. The van der Waals surface area contributed by atoms with Gasteiger partial charge in [-0.05, 0) is 30.2 Å². The summed E-state index contributed by atoms with van der Waals surface area (Å²) in [4.78, 5) is 17.1. The predicted octanol–water partition coefficient (Wildman–Crippen LogP) is 2.79. The van der Waals surface area contributed by atoms with Gasteiger partial charge >= 0.3 is 0 Å². The number of nitrogens with one attached hydrogen (secondary N) is 1. The molecule has 4 heterocycles. The van der Waals surface area contributed by atoms with Crippen molar-refractivity contribution in [3.8, 4) is 17.0 Å². The average molecular weight is 495 g/mol. The number of fused-ring (bicyclic) bond motifs is 2. The van der Waals surface area contributed by atoms with Crippen molar-refractivity contribution in [2.75, 3.05) is 25.4 Å². The maximum atomic E-state index is 15.0. The zero-order valence-electron chi connectivity index (χ0n) is 24.0. The van der Waals surface area contributed by atoms with Crippen molar-refractivity contribution < 1.29 is 30.9 Å². The van der Waals surface area contributed by atoms with E-state index >= 15 is 0 Å². The molecule has 1 aliphatic rings. The maximum Gasteiger partial charge on any atom is 0.258 e. The number of amides is 1. The van der Waals surface area contributed by atoms with Crippen LogP contribution in [0.2, 0.25) is 0 Å². The molecule has 3 aromatic heterocycles. The van der Waals surface area contributed by atoms with Gasteiger partial charge in [-0.3, -0.25) is 4.79 Å². The topological polar surface area (TPSA) is 102 Å². The van der Waals surface area contributed by atoms with Gasteiger partial charge in [0, 0.05) is 29.3 Å². The number of alkyl halides is 3. The first-order chi connectivity index (χ1) is 19.2. The van der Waals surface area contributed by atoms with Gasteiger partial charge < -0.3 is 15.0 Å². The van der Waals surface area contributed by atoms with E-state index in [1.54, 1.807) is 24.3 Å². The number of ether oxygens (including phenoxy) is 1. The van der Waals surface area contributed by atoms with Crippen molar-refractivity contribution in [2.45, 2.75) is 38.5 Å². The van der Waals surface area contributed by atoms with Gasteiger partial charge in [0.15, 0.2) is 0 Å². The Labute approximate surface area is 206 Å². The van der Waals surface area contributed by atoms with Crippen molar-refractivity contribution in [2.24, 2.45) is 0 Å². The molecule has 13 heteroatoms. The van der Waals surface area contributed by atoms with Crippen molar-refractivity contribution in [1.82, 2.24) is 34.5 Å². The summed E-state index contributed by atoms with van der Waals surface area (Å²) in [5.74, 6) is -1.67. The van der Waals surface area contributed by atoms with Crippen molar-refractivity contribution in [3.05, 3.63) is 30.5 Å². The van der Waals surface area contributed by atoms with Gasteiger partial charge in [-0.1, -0.05) is 11.3 Å². The molecule has 1 amide bonds. The Morgan fingerprint density at radius 2 is 2.26 bits per heavy atom. The summed E-state index contributed by atoms with van der Waals surface area (Å²) in [7, 11) is -2.92. The Bertz CT molecular complexity index is 1590. The fourth-order valence-electron chi connectivity index (χ4n) is 4.17. The van der Waals surface area contributed by atoms with Gasteiger partial charge in [0.05, 0.1) is 29.3 Å². The molecule has 0 aliphatic carbocycles. The summed E-state index contributed by atoms with van der Waals surface area (Å²) in [5, 5.41) is 14.7. The van der Waals surface area contributed by atoms with Crippen LogP contribution in [0, 0.1) is 0 Å². The van der Waals surface area contributed by atoms with E-state index in [1.807, 2.05) is 0 Å². The molecule has 10 nitrogen and oxygen atoms in total. The normalized spacial score (nSPS) is 21.8. The van der Waals surface area contributed by atoms with Crippen LogP contribution in [-0.2, 0) is 11.3 Å². The Hall–Kier alpha value is -3.90.